The van der Waals surface area contributed by atoms with Crippen molar-refractivity contribution in [3.05, 3.63) is 0 Å². The van der Waals surface area contributed by atoms with Gasteiger partial charge in [0.1, 0.15) is 11.6 Å². The molecule has 1 aliphatic carbocycles. The largest absolute Gasteiger partial charge is 0.454 e. The van der Waals surface area contributed by atoms with E-state index in [-0.39, 0.29) is 10.8 Å². The van der Waals surface area contributed by atoms with E-state index < -0.39 is 30.1 Å². The van der Waals surface area contributed by atoms with Crippen molar-refractivity contribution in [3.63, 3.8) is 0 Å². The second kappa shape index (κ2) is 6.28. The second-order valence-electron chi connectivity index (χ2n) is 6.82. The number of hydrogen-bond donors (Lipinski definition) is 1. The number of carbonyl (C=O) groups is 3. The Morgan fingerprint density at radius 1 is 1.42 bits per heavy atom. The molecule has 24 heavy (non-hydrogen) atoms. The Labute approximate surface area is 145 Å². The van der Waals surface area contributed by atoms with Crippen LogP contribution in [0.15, 0.2) is 0 Å². The summed E-state index contributed by atoms with van der Waals surface area (Å²) in [6.07, 6.45) is 4.24. The molecule has 3 aliphatic rings. The quantitative estimate of drug-likeness (QED) is 0.757. The van der Waals surface area contributed by atoms with E-state index in [4.69, 9.17) is 4.74 Å². The predicted octanol–water partition coefficient (Wildman–Crippen LogP) is 0.936. The van der Waals surface area contributed by atoms with Crippen LogP contribution in [0.4, 0.5) is 0 Å². The summed E-state index contributed by atoms with van der Waals surface area (Å²) in [5, 5.41) is 11.9. The zero-order valence-electron chi connectivity index (χ0n) is 13.7. The minimum absolute atomic E-state index is 0.0386. The summed E-state index contributed by atoms with van der Waals surface area (Å²) in [4.78, 5) is 37.6. The fourth-order valence-electron chi connectivity index (χ4n) is 3.77. The first-order valence-electron chi connectivity index (χ1n) is 8.24. The molecule has 0 radical (unpaired) electrons. The number of nitriles is 1. The smallest absolute Gasteiger partial charge is 0.330 e. The van der Waals surface area contributed by atoms with Crippen LogP contribution in [0, 0.1) is 11.3 Å². The Bertz CT molecular complexity index is 611. The maximum atomic E-state index is 12.3. The van der Waals surface area contributed by atoms with Crippen LogP contribution in [0.2, 0.25) is 0 Å². The van der Waals surface area contributed by atoms with Crippen molar-refractivity contribution in [2.24, 2.45) is 0 Å². The first-order valence-corrected chi connectivity index (χ1v) is 9.23. The van der Waals surface area contributed by atoms with Crippen LogP contribution in [0.1, 0.15) is 45.4 Å². The van der Waals surface area contributed by atoms with Crippen molar-refractivity contribution in [3.8, 4) is 6.07 Å². The van der Waals surface area contributed by atoms with Crippen molar-refractivity contribution in [1.82, 2.24) is 10.2 Å². The highest BCUT2D eigenvalue weighted by Gasteiger charge is 2.53. The number of nitrogens with one attached hydrogen (secondary N) is 1. The molecular formula is C16H21N3O4S. The molecule has 0 aromatic heterocycles. The van der Waals surface area contributed by atoms with Gasteiger partial charge in [-0.2, -0.15) is 5.26 Å². The summed E-state index contributed by atoms with van der Waals surface area (Å²) in [5.41, 5.74) is -0.823. The van der Waals surface area contributed by atoms with E-state index in [0.29, 0.717) is 25.0 Å². The summed E-state index contributed by atoms with van der Waals surface area (Å²) in [6, 6.07) is 1.54. The molecular weight excluding hydrogens is 330 g/mol. The van der Waals surface area contributed by atoms with Gasteiger partial charge in [-0.1, -0.05) is 0 Å². The fraction of sp³-hybridized carbons (Fsp3) is 0.750. The lowest BCUT2D eigenvalue weighted by molar-refractivity contribution is -0.156. The van der Waals surface area contributed by atoms with Gasteiger partial charge in [-0.05, 0) is 39.0 Å². The normalized spacial score (nSPS) is 30.8. The van der Waals surface area contributed by atoms with Crippen molar-refractivity contribution in [2.45, 2.75) is 61.9 Å². The Kier molecular flexibility index (Phi) is 4.47. The standard InChI is InChI=1S/C16H21N3O4S/c1-15-7-4-13(21)19(15)11(9-24-15)14(22)23-8-12(20)18-16(10-17)5-2-3-6-16/h11H,2-9H2,1H3,(H,18,20)/t11-,15-/m1/s1. The number of fused-ring (bicyclic) bond motifs is 1. The molecule has 3 fully saturated rings. The van der Waals surface area contributed by atoms with E-state index in [1.54, 1.807) is 16.7 Å². The van der Waals surface area contributed by atoms with E-state index in [0.717, 1.165) is 19.3 Å². The van der Waals surface area contributed by atoms with E-state index in [1.165, 1.54) is 0 Å². The van der Waals surface area contributed by atoms with Crippen LogP contribution >= 0.6 is 11.8 Å². The van der Waals surface area contributed by atoms with E-state index in [2.05, 4.69) is 11.4 Å². The third-order valence-corrected chi connectivity index (χ3v) is 6.62. The zero-order valence-corrected chi connectivity index (χ0v) is 14.5. The van der Waals surface area contributed by atoms with Crippen LogP contribution in [-0.4, -0.2) is 51.5 Å². The number of rotatable bonds is 4. The molecule has 8 heteroatoms. The lowest BCUT2D eigenvalue weighted by Gasteiger charge is -2.29. The third kappa shape index (κ3) is 2.97. The maximum Gasteiger partial charge on any atom is 0.330 e. The molecule has 2 aliphatic heterocycles. The van der Waals surface area contributed by atoms with Gasteiger partial charge in [0, 0.05) is 12.2 Å². The topological polar surface area (TPSA) is 99.5 Å². The van der Waals surface area contributed by atoms with Crippen LogP contribution in [0.5, 0.6) is 0 Å². The first-order chi connectivity index (χ1) is 11.4. The van der Waals surface area contributed by atoms with Gasteiger partial charge in [0.15, 0.2) is 6.61 Å². The van der Waals surface area contributed by atoms with E-state index in [9.17, 15) is 19.6 Å². The van der Waals surface area contributed by atoms with Gasteiger partial charge in [0.05, 0.1) is 10.9 Å². The first kappa shape index (κ1) is 17.1. The monoisotopic (exact) mass is 351 g/mol. The van der Waals surface area contributed by atoms with Gasteiger partial charge < -0.3 is 15.0 Å². The van der Waals surface area contributed by atoms with Gasteiger partial charge in [0.2, 0.25) is 5.91 Å². The Balaban J connectivity index is 1.53. The molecule has 2 saturated heterocycles. The molecule has 0 aromatic carbocycles. The second-order valence-corrected chi connectivity index (χ2v) is 8.32. The SMILES string of the molecule is C[C@@]12CCC(=O)N1[C@@H](C(=O)OCC(=O)NC1(C#N)CCCC1)CS2. The number of amides is 2. The molecule has 1 saturated carbocycles. The molecule has 3 rings (SSSR count). The Hall–Kier alpha value is -1.75. The van der Waals surface area contributed by atoms with E-state index in [1.807, 2.05) is 6.92 Å². The van der Waals surface area contributed by atoms with Gasteiger partial charge in [-0.15, -0.1) is 11.8 Å². The van der Waals surface area contributed by atoms with Gasteiger partial charge in [-0.3, -0.25) is 9.59 Å². The highest BCUT2D eigenvalue weighted by atomic mass is 32.2. The maximum absolute atomic E-state index is 12.3. The van der Waals surface area contributed by atoms with Crippen LogP contribution < -0.4 is 5.32 Å². The van der Waals surface area contributed by atoms with Gasteiger partial charge >= 0.3 is 5.97 Å². The lowest BCUT2D eigenvalue weighted by atomic mass is 10.00. The van der Waals surface area contributed by atoms with Crippen molar-refractivity contribution >= 4 is 29.5 Å². The minimum Gasteiger partial charge on any atom is -0.454 e. The average Bonchev–Trinajstić information content (AvgIpc) is 3.22. The number of thioether (sulfide) groups is 1. The molecule has 2 atom stereocenters. The highest BCUT2D eigenvalue weighted by molar-refractivity contribution is 8.01. The fourth-order valence-corrected chi connectivity index (χ4v) is 5.19. The molecule has 1 N–H and O–H groups in total. The van der Waals surface area contributed by atoms with Crippen molar-refractivity contribution in [1.29, 1.82) is 5.26 Å². The average molecular weight is 351 g/mol. The molecule has 0 unspecified atom stereocenters. The zero-order chi connectivity index (χ0) is 17.4. The number of hydrogen-bond acceptors (Lipinski definition) is 6. The van der Waals surface area contributed by atoms with Crippen LogP contribution in [0.3, 0.4) is 0 Å². The van der Waals surface area contributed by atoms with Crippen LogP contribution in [-0.2, 0) is 19.1 Å². The summed E-state index contributed by atoms with van der Waals surface area (Å²) >= 11 is 1.58. The molecule has 130 valence electrons. The van der Waals surface area contributed by atoms with E-state index >= 15 is 0 Å². The van der Waals surface area contributed by atoms with Crippen LogP contribution in [0.25, 0.3) is 0 Å². The number of esters is 1. The number of nitrogens with zero attached hydrogens (tertiary/aromatic N) is 2. The number of carbonyl (C=O) groups excluding carboxylic acids is 3. The Morgan fingerprint density at radius 2 is 2.12 bits per heavy atom. The molecule has 0 spiro atoms. The lowest BCUT2D eigenvalue weighted by Crippen LogP contribution is -2.49. The molecule has 7 nitrogen and oxygen atoms in total. The van der Waals surface area contributed by atoms with Crippen molar-refractivity contribution in [2.75, 3.05) is 12.4 Å². The minimum atomic E-state index is -0.823. The number of ether oxygens (including phenoxy) is 1. The molecule has 0 aromatic rings. The van der Waals surface area contributed by atoms with Gasteiger partial charge in [-0.25, -0.2) is 4.79 Å². The predicted molar refractivity (Wildman–Crippen MR) is 86.6 cm³/mol. The molecule has 2 amide bonds. The summed E-state index contributed by atoms with van der Waals surface area (Å²) in [7, 11) is 0. The molecule has 2 heterocycles. The third-order valence-electron chi connectivity index (χ3n) is 5.11. The summed E-state index contributed by atoms with van der Waals surface area (Å²) < 4.78 is 5.12. The summed E-state index contributed by atoms with van der Waals surface area (Å²) in [5.74, 6) is -0.560. The summed E-state index contributed by atoms with van der Waals surface area (Å²) in [6.45, 7) is 1.54. The van der Waals surface area contributed by atoms with Gasteiger partial charge in [0.25, 0.3) is 5.91 Å². The van der Waals surface area contributed by atoms with Crippen molar-refractivity contribution < 1.29 is 19.1 Å². The molecule has 0 bridgehead atoms. The Morgan fingerprint density at radius 3 is 2.79 bits per heavy atom. The highest BCUT2D eigenvalue weighted by Crippen LogP contribution is 2.47.